The lowest BCUT2D eigenvalue weighted by Crippen LogP contribution is -2.43. The molecule has 0 bridgehead atoms. The first-order chi connectivity index (χ1) is 19.4. The summed E-state index contributed by atoms with van der Waals surface area (Å²) in [6.45, 7) is 0.784. The summed E-state index contributed by atoms with van der Waals surface area (Å²) in [6.07, 6.45) is 6.31. The number of carbonyl (C=O) groups is 2. The average Bonchev–Trinajstić information content (AvgIpc) is 3.70. The van der Waals surface area contributed by atoms with Gasteiger partial charge in [-0.3, -0.25) is 9.59 Å². The second-order valence-electron chi connectivity index (χ2n) is 10.1. The molecule has 11 heteroatoms. The van der Waals surface area contributed by atoms with Crippen LogP contribution in [0.1, 0.15) is 31.7 Å². The molecule has 1 aliphatic heterocycles. The standard InChI is InChI=1S/C29H28FN7O3/c30-23-14-20(40-19-6-2-1-3-7-19)10-11-21(23)25-24-26(31)33-16-34-28(24)37(35-25)18-5-4-12-36(15-18)29(39)22(27(32)38)13-17-8-9-17/h1-3,6-7,10-11,13-14,16-18H,4-5,8-9,12,15H2,(H2,32,38)(H2,31,33,34)/t18-/m0/s1. The summed E-state index contributed by atoms with van der Waals surface area (Å²) in [7, 11) is 0. The van der Waals surface area contributed by atoms with Gasteiger partial charge in [0.25, 0.3) is 11.8 Å². The second kappa shape index (κ2) is 10.4. The van der Waals surface area contributed by atoms with E-state index in [0.29, 0.717) is 54.2 Å². The van der Waals surface area contributed by atoms with Crippen LogP contribution in [0, 0.1) is 11.7 Å². The molecule has 0 unspecified atom stereocenters. The maximum absolute atomic E-state index is 15.5. The van der Waals surface area contributed by atoms with Gasteiger partial charge >= 0.3 is 0 Å². The number of nitrogen functional groups attached to an aromatic ring is 1. The maximum Gasteiger partial charge on any atom is 0.259 e. The third kappa shape index (κ3) is 4.97. The highest BCUT2D eigenvalue weighted by molar-refractivity contribution is 6.17. The Labute approximate surface area is 229 Å². The summed E-state index contributed by atoms with van der Waals surface area (Å²) in [5.41, 5.74) is 12.8. The molecule has 40 heavy (non-hydrogen) atoms. The van der Waals surface area contributed by atoms with Crippen LogP contribution in [0.2, 0.25) is 0 Å². The number of rotatable bonds is 7. The van der Waals surface area contributed by atoms with Gasteiger partial charge in [0.15, 0.2) is 5.65 Å². The van der Waals surface area contributed by atoms with Crippen LogP contribution >= 0.6 is 0 Å². The second-order valence-corrected chi connectivity index (χ2v) is 10.1. The summed E-state index contributed by atoms with van der Waals surface area (Å²) in [4.78, 5) is 35.5. The summed E-state index contributed by atoms with van der Waals surface area (Å²) >= 11 is 0. The number of hydrogen-bond donors (Lipinski definition) is 2. The number of fused-ring (bicyclic) bond motifs is 1. The number of anilines is 1. The highest BCUT2D eigenvalue weighted by atomic mass is 19.1. The van der Waals surface area contributed by atoms with Gasteiger partial charge in [-0.2, -0.15) is 5.10 Å². The molecule has 4 aromatic rings. The predicted octanol–water partition coefficient (Wildman–Crippen LogP) is 3.99. The van der Waals surface area contributed by atoms with Gasteiger partial charge in [0, 0.05) is 24.7 Å². The van der Waals surface area contributed by atoms with Gasteiger partial charge in [0.05, 0.1) is 11.4 Å². The number of allylic oxidation sites excluding steroid dienone is 1. The molecule has 1 saturated carbocycles. The molecule has 0 radical (unpaired) electrons. The van der Waals surface area contributed by atoms with Gasteiger partial charge < -0.3 is 21.1 Å². The van der Waals surface area contributed by atoms with E-state index < -0.39 is 11.7 Å². The minimum atomic E-state index is -0.721. The summed E-state index contributed by atoms with van der Waals surface area (Å²) in [5, 5.41) is 5.18. The number of nitrogens with two attached hydrogens (primary N) is 2. The van der Waals surface area contributed by atoms with Crippen molar-refractivity contribution in [2.75, 3.05) is 18.8 Å². The fourth-order valence-electron chi connectivity index (χ4n) is 5.08. The van der Waals surface area contributed by atoms with Crippen molar-refractivity contribution in [1.29, 1.82) is 0 Å². The highest BCUT2D eigenvalue weighted by Crippen LogP contribution is 2.37. The minimum absolute atomic E-state index is 0.0283. The molecular formula is C29H28FN7O3. The van der Waals surface area contributed by atoms with Crippen molar-refractivity contribution >= 4 is 28.7 Å². The molecule has 1 saturated heterocycles. The van der Waals surface area contributed by atoms with Crippen LogP contribution in [0.3, 0.4) is 0 Å². The number of ether oxygens (including phenoxy) is 1. The van der Waals surface area contributed by atoms with Gasteiger partial charge in [-0.15, -0.1) is 0 Å². The van der Waals surface area contributed by atoms with E-state index in [1.165, 1.54) is 12.4 Å². The van der Waals surface area contributed by atoms with E-state index in [1.54, 1.807) is 39.9 Å². The van der Waals surface area contributed by atoms with E-state index >= 15 is 4.39 Å². The molecule has 1 atom stereocenters. The molecule has 4 N–H and O–H groups in total. The molecule has 204 valence electrons. The maximum atomic E-state index is 15.5. The summed E-state index contributed by atoms with van der Waals surface area (Å²) in [6, 6.07) is 13.4. The van der Waals surface area contributed by atoms with E-state index in [2.05, 4.69) is 9.97 Å². The summed E-state index contributed by atoms with van der Waals surface area (Å²) < 4.78 is 22.9. The number of piperidine rings is 1. The molecule has 6 rings (SSSR count). The van der Waals surface area contributed by atoms with E-state index in [9.17, 15) is 9.59 Å². The molecular weight excluding hydrogens is 513 g/mol. The third-order valence-corrected chi connectivity index (χ3v) is 7.24. The van der Waals surface area contributed by atoms with Crippen LogP contribution in [-0.4, -0.2) is 49.6 Å². The highest BCUT2D eigenvalue weighted by Gasteiger charge is 2.33. The number of likely N-dealkylation sites (tertiary alicyclic amines) is 1. The largest absolute Gasteiger partial charge is 0.457 e. The summed E-state index contributed by atoms with van der Waals surface area (Å²) in [5.74, 6) is -0.321. The lowest BCUT2D eigenvalue weighted by molar-refractivity contribution is -0.131. The normalized spacial score (nSPS) is 17.7. The van der Waals surface area contributed by atoms with Crippen LogP contribution in [0.4, 0.5) is 10.2 Å². The Morgan fingerprint density at radius 3 is 2.58 bits per heavy atom. The van der Waals surface area contributed by atoms with Crippen LogP contribution in [0.5, 0.6) is 11.5 Å². The van der Waals surface area contributed by atoms with Gasteiger partial charge in [-0.25, -0.2) is 19.0 Å². The number of nitrogens with zero attached hydrogens (tertiary/aromatic N) is 5. The van der Waals surface area contributed by atoms with Crippen molar-refractivity contribution in [2.45, 2.75) is 31.7 Å². The van der Waals surface area contributed by atoms with Gasteiger partial charge in [-0.05, 0) is 55.9 Å². The number of aromatic nitrogens is 4. The van der Waals surface area contributed by atoms with Crippen molar-refractivity contribution in [3.05, 3.63) is 72.3 Å². The number of benzene rings is 2. The van der Waals surface area contributed by atoms with Crippen molar-refractivity contribution in [2.24, 2.45) is 11.7 Å². The number of carbonyl (C=O) groups excluding carboxylic acids is 2. The van der Waals surface area contributed by atoms with E-state index in [4.69, 9.17) is 21.3 Å². The topological polar surface area (TPSA) is 142 Å². The molecule has 2 amide bonds. The Balaban J connectivity index is 1.33. The Kier molecular flexibility index (Phi) is 6.63. The van der Waals surface area contributed by atoms with E-state index in [1.807, 2.05) is 18.2 Å². The lowest BCUT2D eigenvalue weighted by atomic mass is 10.0. The molecule has 2 aromatic heterocycles. The zero-order valence-corrected chi connectivity index (χ0v) is 21.7. The van der Waals surface area contributed by atoms with Crippen LogP contribution in [0.15, 0.2) is 66.5 Å². The van der Waals surface area contributed by atoms with E-state index in [0.717, 1.165) is 12.8 Å². The number of halogens is 1. The SMILES string of the molecule is NC(=O)C(=CC1CC1)C(=O)N1CCC[C@H](n2nc(-c3ccc(Oc4ccccc4)cc3F)c3c(N)ncnc32)C1. The van der Waals surface area contributed by atoms with Crippen molar-refractivity contribution < 1.29 is 18.7 Å². The van der Waals surface area contributed by atoms with Crippen LogP contribution in [-0.2, 0) is 9.59 Å². The lowest BCUT2D eigenvalue weighted by Gasteiger charge is -2.33. The zero-order chi connectivity index (χ0) is 27.8. The van der Waals surface area contributed by atoms with E-state index in [-0.39, 0.29) is 34.8 Å². The van der Waals surface area contributed by atoms with Crippen LogP contribution in [0.25, 0.3) is 22.3 Å². The van der Waals surface area contributed by atoms with Crippen molar-refractivity contribution in [3.8, 4) is 22.8 Å². The molecule has 2 fully saturated rings. The van der Waals surface area contributed by atoms with Gasteiger partial charge in [0.1, 0.15) is 40.7 Å². The Hall–Kier alpha value is -4.80. The monoisotopic (exact) mass is 541 g/mol. The number of hydrogen-bond acceptors (Lipinski definition) is 7. The average molecular weight is 542 g/mol. The first kappa shape index (κ1) is 25.5. The Morgan fingerprint density at radius 1 is 1.05 bits per heavy atom. The molecule has 0 spiro atoms. The first-order valence-corrected chi connectivity index (χ1v) is 13.2. The molecule has 2 aromatic carbocycles. The molecule has 3 heterocycles. The first-order valence-electron chi connectivity index (χ1n) is 13.2. The zero-order valence-electron chi connectivity index (χ0n) is 21.7. The van der Waals surface area contributed by atoms with Crippen molar-refractivity contribution in [1.82, 2.24) is 24.6 Å². The minimum Gasteiger partial charge on any atom is -0.457 e. The van der Waals surface area contributed by atoms with Gasteiger partial charge in [-0.1, -0.05) is 24.3 Å². The van der Waals surface area contributed by atoms with Gasteiger partial charge in [0.2, 0.25) is 0 Å². The molecule has 2 aliphatic rings. The number of primary amides is 1. The Morgan fingerprint density at radius 2 is 1.85 bits per heavy atom. The number of amides is 2. The fraction of sp³-hybridized carbons (Fsp3) is 0.276. The Bertz CT molecular complexity index is 1630. The van der Waals surface area contributed by atoms with Crippen molar-refractivity contribution in [3.63, 3.8) is 0 Å². The molecule has 10 nitrogen and oxygen atoms in total. The van der Waals surface area contributed by atoms with Crippen LogP contribution < -0.4 is 16.2 Å². The predicted molar refractivity (Wildman–Crippen MR) is 146 cm³/mol. The molecule has 1 aliphatic carbocycles. The fourth-order valence-corrected chi connectivity index (χ4v) is 5.08. The smallest absolute Gasteiger partial charge is 0.259 e. The number of para-hydroxylation sites is 1. The third-order valence-electron chi connectivity index (χ3n) is 7.24. The quantitative estimate of drug-likeness (QED) is 0.205.